The number of anilines is 2. The lowest BCUT2D eigenvalue weighted by Gasteiger charge is -2.13. The third-order valence-corrected chi connectivity index (χ3v) is 3.09. The molecule has 1 atom stereocenters. The van der Waals surface area contributed by atoms with Crippen LogP contribution in [0.1, 0.15) is 6.42 Å². The van der Waals surface area contributed by atoms with E-state index < -0.39 is 6.04 Å². The van der Waals surface area contributed by atoms with Crippen LogP contribution in [0.25, 0.3) is 0 Å². The van der Waals surface area contributed by atoms with Crippen molar-refractivity contribution in [2.24, 2.45) is 5.73 Å². The van der Waals surface area contributed by atoms with E-state index in [2.05, 4.69) is 10.3 Å². The van der Waals surface area contributed by atoms with Crippen molar-refractivity contribution in [3.8, 4) is 0 Å². The first kappa shape index (κ1) is 14.8. The predicted molar refractivity (Wildman–Crippen MR) is 78.2 cm³/mol. The molecule has 0 radical (unpaired) electrons. The zero-order valence-electron chi connectivity index (χ0n) is 11.0. The van der Waals surface area contributed by atoms with E-state index in [9.17, 15) is 4.79 Å². The third-order valence-electron chi connectivity index (χ3n) is 2.44. The van der Waals surface area contributed by atoms with E-state index in [4.69, 9.17) is 5.73 Å². The van der Waals surface area contributed by atoms with E-state index in [1.807, 2.05) is 37.4 Å². The SMILES string of the molecule is CSCC[C@@H](N)C(=O)Nc1ccc(N(C)C)nc1. The number of nitrogens with one attached hydrogen (secondary N) is 1. The molecule has 5 nitrogen and oxygen atoms in total. The third kappa shape index (κ3) is 4.54. The van der Waals surface area contributed by atoms with E-state index in [0.29, 0.717) is 12.1 Å². The normalized spacial score (nSPS) is 12.0. The number of rotatable bonds is 6. The minimum absolute atomic E-state index is 0.163. The highest BCUT2D eigenvalue weighted by Crippen LogP contribution is 2.12. The van der Waals surface area contributed by atoms with Crippen LogP contribution in [0.5, 0.6) is 0 Å². The van der Waals surface area contributed by atoms with Gasteiger partial charge in [0.15, 0.2) is 0 Å². The first-order valence-electron chi connectivity index (χ1n) is 5.73. The Balaban J connectivity index is 2.53. The summed E-state index contributed by atoms with van der Waals surface area (Å²) in [4.78, 5) is 17.9. The van der Waals surface area contributed by atoms with Crippen LogP contribution in [-0.2, 0) is 4.79 Å². The van der Waals surface area contributed by atoms with Crippen LogP contribution in [0, 0.1) is 0 Å². The van der Waals surface area contributed by atoms with Gasteiger partial charge in [-0.1, -0.05) is 0 Å². The van der Waals surface area contributed by atoms with Gasteiger partial charge in [0.2, 0.25) is 5.91 Å². The van der Waals surface area contributed by atoms with Crippen LogP contribution in [0.2, 0.25) is 0 Å². The van der Waals surface area contributed by atoms with E-state index in [1.54, 1.807) is 18.0 Å². The number of carbonyl (C=O) groups is 1. The molecule has 18 heavy (non-hydrogen) atoms. The molecule has 0 saturated heterocycles. The number of hydrogen-bond donors (Lipinski definition) is 2. The second-order valence-electron chi connectivity index (χ2n) is 4.18. The van der Waals surface area contributed by atoms with Gasteiger partial charge in [-0.25, -0.2) is 4.98 Å². The highest BCUT2D eigenvalue weighted by Gasteiger charge is 2.13. The standard InChI is InChI=1S/C12H20N4OS/c1-16(2)11-5-4-9(8-14-11)15-12(17)10(13)6-7-18-3/h4-5,8,10H,6-7,13H2,1-3H3,(H,15,17)/t10-/m1/s1. The Morgan fingerprint density at radius 1 is 1.56 bits per heavy atom. The topological polar surface area (TPSA) is 71.2 Å². The molecule has 0 aliphatic heterocycles. The summed E-state index contributed by atoms with van der Waals surface area (Å²) in [6.07, 6.45) is 4.30. The zero-order chi connectivity index (χ0) is 13.5. The lowest BCUT2D eigenvalue weighted by Crippen LogP contribution is -2.36. The fourth-order valence-corrected chi connectivity index (χ4v) is 1.83. The minimum Gasteiger partial charge on any atom is -0.363 e. The van der Waals surface area contributed by atoms with Gasteiger partial charge in [0.1, 0.15) is 5.82 Å². The van der Waals surface area contributed by atoms with Gasteiger partial charge in [0.25, 0.3) is 0 Å². The molecule has 0 aromatic carbocycles. The maximum atomic E-state index is 11.8. The van der Waals surface area contributed by atoms with Gasteiger partial charge in [0.05, 0.1) is 17.9 Å². The molecule has 1 rings (SSSR count). The van der Waals surface area contributed by atoms with Gasteiger partial charge in [0, 0.05) is 14.1 Å². The highest BCUT2D eigenvalue weighted by molar-refractivity contribution is 7.98. The summed E-state index contributed by atoms with van der Waals surface area (Å²) in [5, 5.41) is 2.76. The van der Waals surface area contributed by atoms with Gasteiger partial charge in [-0.15, -0.1) is 0 Å². The summed E-state index contributed by atoms with van der Waals surface area (Å²) in [5.74, 6) is 1.56. The number of nitrogens with two attached hydrogens (primary N) is 1. The van der Waals surface area contributed by atoms with Crippen molar-refractivity contribution in [1.29, 1.82) is 0 Å². The highest BCUT2D eigenvalue weighted by atomic mass is 32.2. The number of pyridine rings is 1. The van der Waals surface area contributed by atoms with Crippen molar-refractivity contribution in [3.05, 3.63) is 18.3 Å². The Hall–Kier alpha value is -1.27. The smallest absolute Gasteiger partial charge is 0.241 e. The van der Waals surface area contributed by atoms with Crippen molar-refractivity contribution in [2.75, 3.05) is 36.3 Å². The number of nitrogens with zero attached hydrogens (tertiary/aromatic N) is 2. The molecule has 100 valence electrons. The number of aromatic nitrogens is 1. The van der Waals surface area contributed by atoms with Gasteiger partial charge >= 0.3 is 0 Å². The first-order valence-corrected chi connectivity index (χ1v) is 7.12. The molecule has 0 bridgehead atoms. The van der Waals surface area contributed by atoms with Gasteiger partial charge in [-0.05, 0) is 30.6 Å². The largest absolute Gasteiger partial charge is 0.363 e. The van der Waals surface area contributed by atoms with Gasteiger partial charge < -0.3 is 16.0 Å². The molecule has 0 unspecified atom stereocenters. The minimum atomic E-state index is -0.467. The lowest BCUT2D eigenvalue weighted by atomic mass is 10.2. The van der Waals surface area contributed by atoms with Crippen molar-refractivity contribution in [1.82, 2.24) is 4.98 Å². The fourth-order valence-electron chi connectivity index (χ4n) is 1.34. The van der Waals surface area contributed by atoms with Crippen LogP contribution >= 0.6 is 11.8 Å². The van der Waals surface area contributed by atoms with Gasteiger partial charge in [-0.3, -0.25) is 4.79 Å². The van der Waals surface area contributed by atoms with E-state index in [-0.39, 0.29) is 5.91 Å². The summed E-state index contributed by atoms with van der Waals surface area (Å²) < 4.78 is 0. The van der Waals surface area contributed by atoms with Crippen LogP contribution in [0.4, 0.5) is 11.5 Å². The average molecular weight is 268 g/mol. The Kier molecular flexibility index (Phi) is 5.94. The van der Waals surface area contributed by atoms with Crippen molar-refractivity contribution >= 4 is 29.2 Å². The second-order valence-corrected chi connectivity index (χ2v) is 5.16. The molecular formula is C12H20N4OS. The van der Waals surface area contributed by atoms with E-state index in [1.165, 1.54) is 0 Å². The monoisotopic (exact) mass is 268 g/mol. The molecule has 0 aliphatic rings. The Bertz CT molecular complexity index is 380. The molecule has 1 amide bonds. The molecule has 0 fully saturated rings. The van der Waals surface area contributed by atoms with Crippen molar-refractivity contribution in [3.63, 3.8) is 0 Å². The van der Waals surface area contributed by atoms with Crippen LogP contribution in [-0.4, -0.2) is 43.0 Å². The van der Waals surface area contributed by atoms with E-state index in [0.717, 1.165) is 11.6 Å². The van der Waals surface area contributed by atoms with Crippen LogP contribution in [0.15, 0.2) is 18.3 Å². The Labute approximate surface area is 112 Å². The molecule has 1 heterocycles. The second kappa shape index (κ2) is 7.23. The Morgan fingerprint density at radius 3 is 2.78 bits per heavy atom. The quantitative estimate of drug-likeness (QED) is 0.810. The number of carbonyl (C=O) groups excluding carboxylic acids is 1. The molecule has 0 saturated carbocycles. The van der Waals surface area contributed by atoms with Crippen LogP contribution in [0.3, 0.4) is 0 Å². The number of thioether (sulfide) groups is 1. The van der Waals surface area contributed by atoms with Crippen molar-refractivity contribution < 1.29 is 4.79 Å². The average Bonchev–Trinajstić information content (AvgIpc) is 2.36. The summed E-state index contributed by atoms with van der Waals surface area (Å²) in [6, 6.07) is 3.20. The number of amides is 1. The molecule has 3 N–H and O–H groups in total. The fraction of sp³-hybridized carbons (Fsp3) is 0.500. The van der Waals surface area contributed by atoms with Crippen molar-refractivity contribution in [2.45, 2.75) is 12.5 Å². The first-order chi connectivity index (χ1) is 8.54. The molecule has 1 aromatic heterocycles. The molecule has 0 spiro atoms. The zero-order valence-corrected chi connectivity index (χ0v) is 11.8. The van der Waals surface area contributed by atoms with Gasteiger partial charge in [-0.2, -0.15) is 11.8 Å². The number of hydrogen-bond acceptors (Lipinski definition) is 5. The van der Waals surface area contributed by atoms with Crippen LogP contribution < -0.4 is 16.0 Å². The molecule has 6 heteroatoms. The maximum absolute atomic E-state index is 11.8. The molecule has 1 aromatic rings. The van der Waals surface area contributed by atoms with E-state index >= 15 is 0 Å². The molecule has 0 aliphatic carbocycles. The maximum Gasteiger partial charge on any atom is 0.241 e. The summed E-state index contributed by atoms with van der Waals surface area (Å²) in [6.45, 7) is 0. The Morgan fingerprint density at radius 2 is 2.28 bits per heavy atom. The lowest BCUT2D eigenvalue weighted by molar-refractivity contribution is -0.117. The predicted octanol–water partition coefficient (Wildman–Crippen LogP) is 1.17. The summed E-state index contributed by atoms with van der Waals surface area (Å²) in [7, 11) is 3.83. The summed E-state index contributed by atoms with van der Waals surface area (Å²) in [5.41, 5.74) is 6.45. The molecular weight excluding hydrogens is 248 g/mol. The summed E-state index contributed by atoms with van der Waals surface area (Å²) >= 11 is 1.68.